The zero-order valence-corrected chi connectivity index (χ0v) is 11.4. The highest BCUT2D eigenvalue weighted by molar-refractivity contribution is 14.1. The fraction of sp³-hybridized carbons (Fsp3) is 0.417. The van der Waals surface area contributed by atoms with Crippen molar-refractivity contribution >= 4 is 34.2 Å². The molecule has 1 aliphatic heterocycles. The van der Waals surface area contributed by atoms with E-state index in [-0.39, 0.29) is 5.91 Å². The predicted octanol–water partition coefficient (Wildman–Crippen LogP) is 1.91. The molecule has 1 unspecified atom stereocenters. The van der Waals surface area contributed by atoms with Gasteiger partial charge in [-0.15, -0.1) is 0 Å². The van der Waals surface area contributed by atoms with Gasteiger partial charge in [0.25, 0.3) is 0 Å². The summed E-state index contributed by atoms with van der Waals surface area (Å²) in [6.07, 6.45) is 0.585. The Labute approximate surface area is 109 Å². The maximum Gasteiger partial charge on any atom is 0.227 e. The molecule has 0 saturated carbocycles. The predicted molar refractivity (Wildman–Crippen MR) is 73.4 cm³/mol. The van der Waals surface area contributed by atoms with Gasteiger partial charge in [0.2, 0.25) is 5.91 Å². The van der Waals surface area contributed by atoms with Gasteiger partial charge in [-0.3, -0.25) is 4.79 Å². The number of hydrogen-bond acceptors (Lipinski definition) is 2. The molecule has 0 aromatic heterocycles. The Morgan fingerprint density at radius 2 is 2.31 bits per heavy atom. The molecule has 1 atom stereocenters. The first-order valence-electron chi connectivity index (χ1n) is 5.38. The molecule has 1 heterocycles. The number of carbonyl (C=O) groups excluding carboxylic acids is 1. The molecule has 86 valence electrons. The van der Waals surface area contributed by atoms with E-state index in [4.69, 9.17) is 5.73 Å². The standard InChI is InChI=1S/C12H15IN2O/c1-8-4-10(13)2-3-11(8)15-7-9(6-14)5-12(15)16/h2-4,9H,5-7,14H2,1H3. The number of anilines is 1. The normalized spacial score (nSPS) is 20.6. The molecular weight excluding hydrogens is 315 g/mol. The van der Waals surface area contributed by atoms with Crippen molar-refractivity contribution in [3.63, 3.8) is 0 Å². The summed E-state index contributed by atoms with van der Waals surface area (Å²) in [6.45, 7) is 3.39. The van der Waals surface area contributed by atoms with Crippen LogP contribution in [0.3, 0.4) is 0 Å². The summed E-state index contributed by atoms with van der Waals surface area (Å²) in [7, 11) is 0. The monoisotopic (exact) mass is 330 g/mol. The molecule has 0 bridgehead atoms. The molecule has 1 amide bonds. The second kappa shape index (κ2) is 4.71. The van der Waals surface area contributed by atoms with Crippen molar-refractivity contribution in [3.05, 3.63) is 27.3 Å². The van der Waals surface area contributed by atoms with Crippen LogP contribution in [0.25, 0.3) is 0 Å². The average Bonchev–Trinajstić information content (AvgIpc) is 2.60. The fourth-order valence-electron chi connectivity index (χ4n) is 2.09. The van der Waals surface area contributed by atoms with Crippen LogP contribution >= 0.6 is 22.6 Å². The van der Waals surface area contributed by atoms with Gasteiger partial charge in [-0.25, -0.2) is 0 Å². The molecule has 2 rings (SSSR count). The van der Waals surface area contributed by atoms with Gasteiger partial charge in [0.05, 0.1) is 0 Å². The zero-order chi connectivity index (χ0) is 11.7. The number of nitrogens with two attached hydrogens (primary N) is 1. The summed E-state index contributed by atoms with van der Waals surface area (Å²) in [6, 6.07) is 6.15. The SMILES string of the molecule is Cc1cc(I)ccc1N1CC(CN)CC1=O. The van der Waals surface area contributed by atoms with E-state index in [1.54, 1.807) is 0 Å². The highest BCUT2D eigenvalue weighted by atomic mass is 127. The van der Waals surface area contributed by atoms with E-state index in [1.807, 2.05) is 24.0 Å². The van der Waals surface area contributed by atoms with Crippen molar-refractivity contribution in [2.75, 3.05) is 18.0 Å². The summed E-state index contributed by atoms with van der Waals surface area (Å²) >= 11 is 2.28. The number of benzene rings is 1. The number of rotatable bonds is 2. The van der Waals surface area contributed by atoms with Crippen LogP contribution in [0.1, 0.15) is 12.0 Å². The smallest absolute Gasteiger partial charge is 0.227 e. The minimum Gasteiger partial charge on any atom is -0.330 e. The summed E-state index contributed by atoms with van der Waals surface area (Å²) in [5, 5.41) is 0. The summed E-state index contributed by atoms with van der Waals surface area (Å²) in [5.41, 5.74) is 7.80. The third-order valence-electron chi connectivity index (χ3n) is 2.99. The number of aryl methyl sites for hydroxylation is 1. The summed E-state index contributed by atoms with van der Waals surface area (Å²) in [5.74, 6) is 0.505. The molecule has 2 N–H and O–H groups in total. The number of carbonyl (C=O) groups is 1. The van der Waals surface area contributed by atoms with E-state index < -0.39 is 0 Å². The number of amides is 1. The van der Waals surface area contributed by atoms with E-state index >= 15 is 0 Å². The molecule has 1 saturated heterocycles. The highest BCUT2D eigenvalue weighted by Crippen LogP contribution is 2.28. The van der Waals surface area contributed by atoms with Crippen LogP contribution in [0.5, 0.6) is 0 Å². The molecule has 16 heavy (non-hydrogen) atoms. The maximum absolute atomic E-state index is 11.8. The number of hydrogen-bond donors (Lipinski definition) is 1. The van der Waals surface area contributed by atoms with Gasteiger partial charge in [0.15, 0.2) is 0 Å². The highest BCUT2D eigenvalue weighted by Gasteiger charge is 2.30. The first-order chi connectivity index (χ1) is 7.61. The lowest BCUT2D eigenvalue weighted by molar-refractivity contribution is -0.117. The van der Waals surface area contributed by atoms with Crippen molar-refractivity contribution < 1.29 is 4.79 Å². The van der Waals surface area contributed by atoms with Gasteiger partial charge in [-0.1, -0.05) is 0 Å². The van der Waals surface area contributed by atoms with Gasteiger partial charge in [-0.05, 0) is 65.7 Å². The molecule has 0 radical (unpaired) electrons. The zero-order valence-electron chi connectivity index (χ0n) is 9.24. The van der Waals surface area contributed by atoms with Crippen LogP contribution in [0, 0.1) is 16.4 Å². The average molecular weight is 330 g/mol. The van der Waals surface area contributed by atoms with Crippen LogP contribution in [0.2, 0.25) is 0 Å². The molecule has 1 fully saturated rings. The van der Waals surface area contributed by atoms with Crippen molar-refractivity contribution in [1.82, 2.24) is 0 Å². The molecule has 1 aromatic carbocycles. The van der Waals surface area contributed by atoms with Gasteiger partial charge >= 0.3 is 0 Å². The van der Waals surface area contributed by atoms with Gasteiger partial charge in [0, 0.05) is 22.2 Å². The van der Waals surface area contributed by atoms with Crippen LogP contribution < -0.4 is 10.6 Å². The Kier molecular flexibility index (Phi) is 3.49. The molecular formula is C12H15IN2O. The molecule has 3 nitrogen and oxygen atoms in total. The van der Waals surface area contributed by atoms with Crippen molar-refractivity contribution in [2.24, 2.45) is 11.7 Å². The van der Waals surface area contributed by atoms with Crippen LogP contribution in [0.4, 0.5) is 5.69 Å². The lowest BCUT2D eigenvalue weighted by Crippen LogP contribution is -2.26. The Bertz CT molecular complexity index is 419. The number of nitrogens with zero attached hydrogens (tertiary/aromatic N) is 1. The Balaban J connectivity index is 2.28. The van der Waals surface area contributed by atoms with E-state index in [9.17, 15) is 4.79 Å². The van der Waals surface area contributed by atoms with Crippen molar-refractivity contribution in [3.8, 4) is 0 Å². The Hall–Kier alpha value is -0.620. The van der Waals surface area contributed by atoms with E-state index in [2.05, 4.69) is 28.7 Å². The Morgan fingerprint density at radius 1 is 1.56 bits per heavy atom. The van der Waals surface area contributed by atoms with E-state index in [0.29, 0.717) is 18.9 Å². The second-order valence-electron chi connectivity index (χ2n) is 4.24. The van der Waals surface area contributed by atoms with E-state index in [1.165, 1.54) is 3.57 Å². The summed E-state index contributed by atoms with van der Waals surface area (Å²) < 4.78 is 1.20. The molecule has 1 aromatic rings. The van der Waals surface area contributed by atoms with Crippen LogP contribution in [0.15, 0.2) is 18.2 Å². The molecule has 4 heteroatoms. The van der Waals surface area contributed by atoms with Crippen molar-refractivity contribution in [1.29, 1.82) is 0 Å². The quantitative estimate of drug-likeness (QED) is 0.842. The third-order valence-corrected chi connectivity index (χ3v) is 3.66. The lowest BCUT2D eigenvalue weighted by atomic mass is 10.1. The Morgan fingerprint density at radius 3 is 2.88 bits per heavy atom. The number of halogens is 1. The minimum absolute atomic E-state index is 0.194. The maximum atomic E-state index is 11.8. The summed E-state index contributed by atoms with van der Waals surface area (Å²) in [4.78, 5) is 13.7. The first kappa shape index (κ1) is 11.9. The second-order valence-corrected chi connectivity index (χ2v) is 5.49. The third kappa shape index (κ3) is 2.22. The van der Waals surface area contributed by atoms with Crippen molar-refractivity contribution in [2.45, 2.75) is 13.3 Å². The van der Waals surface area contributed by atoms with Gasteiger partial charge in [0.1, 0.15) is 0 Å². The van der Waals surface area contributed by atoms with Crippen LogP contribution in [-0.4, -0.2) is 19.0 Å². The van der Waals surface area contributed by atoms with E-state index in [0.717, 1.165) is 17.8 Å². The molecule has 0 spiro atoms. The van der Waals surface area contributed by atoms with Gasteiger partial charge in [-0.2, -0.15) is 0 Å². The van der Waals surface area contributed by atoms with Gasteiger partial charge < -0.3 is 10.6 Å². The largest absolute Gasteiger partial charge is 0.330 e. The lowest BCUT2D eigenvalue weighted by Gasteiger charge is -2.19. The molecule has 0 aliphatic carbocycles. The fourth-order valence-corrected chi connectivity index (χ4v) is 2.74. The van der Waals surface area contributed by atoms with Crippen LogP contribution in [-0.2, 0) is 4.79 Å². The topological polar surface area (TPSA) is 46.3 Å². The first-order valence-corrected chi connectivity index (χ1v) is 6.46. The minimum atomic E-state index is 0.194. The molecule has 1 aliphatic rings.